The van der Waals surface area contributed by atoms with Crippen molar-refractivity contribution < 1.29 is 19.5 Å². The van der Waals surface area contributed by atoms with Crippen molar-refractivity contribution in [1.82, 2.24) is 30.0 Å². The summed E-state index contributed by atoms with van der Waals surface area (Å²) < 4.78 is 1.10. The van der Waals surface area contributed by atoms with Crippen LogP contribution in [-0.2, 0) is 21.4 Å². The fraction of sp³-hybridized carbons (Fsp3) is 0.222. The van der Waals surface area contributed by atoms with Gasteiger partial charge in [-0.2, -0.15) is 4.98 Å². The molecule has 4 heterocycles. The monoisotopic (exact) mass is 555 g/mol. The topological polar surface area (TPSA) is 193 Å². The van der Waals surface area contributed by atoms with Gasteiger partial charge < -0.3 is 16.2 Å². The molecule has 1 unspecified atom stereocenters. The van der Waals surface area contributed by atoms with Crippen LogP contribution in [0.5, 0.6) is 0 Å². The van der Waals surface area contributed by atoms with Gasteiger partial charge in [0.25, 0.3) is 11.8 Å². The average molecular weight is 556 g/mol. The molecule has 13 nitrogen and oxygen atoms in total. The molecule has 1 saturated heterocycles. The first-order valence-corrected chi connectivity index (χ1v) is 12.3. The number of nitrogens with two attached hydrogens (primary N) is 1. The smallest absolute Gasteiger partial charge is 0.353 e. The van der Waals surface area contributed by atoms with Gasteiger partial charge in [-0.15, -0.1) is 23.1 Å². The molecule has 4 rings (SSSR count). The molecular formula is C18H14ClN7O6S3. The third kappa shape index (κ3) is 4.29. The number of aliphatic carboxylic acids is 1. The maximum Gasteiger partial charge on any atom is 0.353 e. The Morgan fingerprint density at radius 2 is 2.09 bits per heavy atom. The van der Waals surface area contributed by atoms with Gasteiger partial charge in [-0.3, -0.25) is 33.9 Å². The molecule has 35 heavy (non-hydrogen) atoms. The number of halogens is 1. The number of fused-ring (bicyclic) bond motifs is 1. The summed E-state index contributed by atoms with van der Waals surface area (Å²) in [5.74, 6) is -2.88. The van der Waals surface area contributed by atoms with Gasteiger partial charge in [0.2, 0.25) is 0 Å². The molecule has 0 spiro atoms. The van der Waals surface area contributed by atoms with Crippen LogP contribution in [0.25, 0.3) is 5.57 Å². The Hall–Kier alpha value is -3.34. The molecule has 2 atom stereocenters. The van der Waals surface area contributed by atoms with E-state index in [2.05, 4.69) is 20.4 Å². The molecule has 17 heteroatoms. The number of anilines is 1. The number of carbonyl (C=O) groups is 3. The lowest BCUT2D eigenvalue weighted by Gasteiger charge is -2.49. The van der Waals surface area contributed by atoms with E-state index in [1.165, 1.54) is 12.4 Å². The number of nitrogens with one attached hydrogen (secondary N) is 2. The number of thiocarbonyl (C=S) groups is 1. The lowest BCUT2D eigenvalue weighted by Crippen LogP contribution is -2.70. The van der Waals surface area contributed by atoms with Crippen LogP contribution in [0.2, 0.25) is 0 Å². The first-order valence-electron chi connectivity index (χ1n) is 9.51. The number of rotatable bonds is 6. The molecule has 2 amide bonds. The van der Waals surface area contributed by atoms with Crippen LogP contribution >= 0.6 is 46.9 Å². The lowest BCUT2D eigenvalue weighted by atomic mass is 10.0. The summed E-state index contributed by atoms with van der Waals surface area (Å²) in [5.41, 5.74) is 4.46. The van der Waals surface area contributed by atoms with E-state index >= 15 is 0 Å². The number of nitrogens with zero attached hydrogens (tertiary/aromatic N) is 4. The highest BCUT2D eigenvalue weighted by Gasteiger charge is 2.54. The number of aryl methyl sites for hydroxylation is 1. The van der Waals surface area contributed by atoms with E-state index in [0.717, 1.165) is 38.2 Å². The van der Waals surface area contributed by atoms with Crippen LogP contribution in [0.1, 0.15) is 11.5 Å². The quantitative estimate of drug-likeness (QED) is 0.115. The first kappa shape index (κ1) is 24.8. The summed E-state index contributed by atoms with van der Waals surface area (Å²) in [6.45, 7) is 0. The second-order valence-corrected chi connectivity index (χ2v) is 9.78. The van der Waals surface area contributed by atoms with Crippen LogP contribution in [0.3, 0.4) is 0 Å². The Balaban J connectivity index is 1.61. The summed E-state index contributed by atoms with van der Waals surface area (Å²) in [6, 6.07) is -1.03. The van der Waals surface area contributed by atoms with Crippen molar-refractivity contribution in [1.29, 1.82) is 0 Å². The highest BCUT2D eigenvalue weighted by atomic mass is 35.5. The van der Waals surface area contributed by atoms with Crippen LogP contribution < -0.4 is 22.2 Å². The number of amides is 2. The van der Waals surface area contributed by atoms with E-state index in [9.17, 15) is 29.1 Å². The average Bonchev–Trinajstić information content (AvgIpc) is 3.24. The summed E-state index contributed by atoms with van der Waals surface area (Å²) >= 11 is 13.4. The minimum atomic E-state index is -1.43. The van der Waals surface area contributed by atoms with Gasteiger partial charge in [0.05, 0.1) is 16.1 Å². The molecule has 5 N–H and O–H groups in total. The molecule has 2 aliphatic rings. The zero-order valence-corrected chi connectivity index (χ0v) is 20.7. The molecule has 2 aliphatic heterocycles. The van der Waals surface area contributed by atoms with Gasteiger partial charge in [-0.05, 0) is 0 Å². The van der Waals surface area contributed by atoms with Gasteiger partial charge in [-0.1, -0.05) is 23.8 Å². The zero-order valence-electron chi connectivity index (χ0n) is 17.5. The Morgan fingerprint density at radius 1 is 1.37 bits per heavy atom. The SMILES string of the molecule is Cn1[nH]c(=O)c(=O)nc1C(=S)C1=C(C(=O)O)N2C(=O)C(NC(=O)C(=CCl)c3csc(N)n3)[C@@H]2SC1. The summed E-state index contributed by atoms with van der Waals surface area (Å²) in [6.07, 6.45) is 0. The van der Waals surface area contributed by atoms with E-state index in [1.54, 1.807) is 0 Å². The standard InChI is InChI=1S/C18H14ClN7O6S3/c1-25-11(23-13(28)14(29)24-25)10(33)6-3-34-16-8(15(30)26(16)9(6)17(31)32)22-12(27)5(2-19)7-4-35-18(20)21-7/h2,4,8,16H,3H2,1H3,(H2,20,21)(H,22,27)(H,24,29)(H,31,32)/t8?,16-/m0/s1. The van der Waals surface area contributed by atoms with Gasteiger partial charge in [0.1, 0.15) is 17.1 Å². The summed E-state index contributed by atoms with van der Waals surface area (Å²) in [5, 5.41) is 15.7. The number of hydrogen-bond acceptors (Lipinski definition) is 11. The number of carbonyl (C=O) groups excluding carboxylic acids is 2. The predicted molar refractivity (Wildman–Crippen MR) is 132 cm³/mol. The molecule has 182 valence electrons. The van der Waals surface area contributed by atoms with Gasteiger partial charge in [-0.25, -0.2) is 9.78 Å². The predicted octanol–water partition coefficient (Wildman–Crippen LogP) is -0.756. The maximum absolute atomic E-state index is 12.9. The van der Waals surface area contributed by atoms with Crippen LogP contribution in [0.15, 0.2) is 31.8 Å². The molecule has 0 radical (unpaired) electrons. The number of thiazole rings is 1. The highest BCUT2D eigenvalue weighted by Crippen LogP contribution is 2.41. The maximum atomic E-state index is 12.9. The fourth-order valence-corrected chi connectivity index (χ4v) is 6.03. The van der Waals surface area contributed by atoms with Crippen molar-refractivity contribution in [2.45, 2.75) is 11.4 Å². The van der Waals surface area contributed by atoms with E-state index in [0.29, 0.717) is 0 Å². The second kappa shape index (κ2) is 9.37. The molecule has 0 aromatic carbocycles. The lowest BCUT2D eigenvalue weighted by molar-refractivity contribution is -0.150. The van der Waals surface area contributed by atoms with Crippen molar-refractivity contribution in [2.75, 3.05) is 11.5 Å². The second-order valence-electron chi connectivity index (χ2n) is 7.16. The molecule has 2 aromatic heterocycles. The number of aromatic nitrogens is 4. The molecule has 2 aromatic rings. The normalized spacial score (nSPS) is 19.8. The number of nitrogen functional groups attached to an aromatic ring is 1. The number of hydrogen-bond donors (Lipinski definition) is 4. The van der Waals surface area contributed by atoms with Gasteiger partial charge in [0.15, 0.2) is 11.0 Å². The van der Waals surface area contributed by atoms with E-state index in [4.69, 9.17) is 29.6 Å². The minimum Gasteiger partial charge on any atom is -0.477 e. The third-order valence-corrected chi connectivity index (χ3v) is 7.68. The van der Waals surface area contributed by atoms with Crippen molar-refractivity contribution in [3.8, 4) is 0 Å². The van der Waals surface area contributed by atoms with E-state index in [1.807, 2.05) is 0 Å². The number of H-pyrrole nitrogens is 1. The van der Waals surface area contributed by atoms with Crippen LogP contribution in [-0.4, -0.2) is 69.6 Å². The third-order valence-electron chi connectivity index (χ3n) is 5.07. The number of carboxylic acids is 1. The zero-order chi connectivity index (χ0) is 25.6. The van der Waals surface area contributed by atoms with E-state index in [-0.39, 0.29) is 38.4 Å². The van der Waals surface area contributed by atoms with E-state index < -0.39 is 46.0 Å². The molecule has 1 fully saturated rings. The van der Waals surface area contributed by atoms with Crippen molar-refractivity contribution in [3.63, 3.8) is 0 Å². The molecule has 0 aliphatic carbocycles. The highest BCUT2D eigenvalue weighted by molar-refractivity contribution is 8.00. The summed E-state index contributed by atoms with van der Waals surface area (Å²) in [7, 11) is 1.38. The molecular weight excluding hydrogens is 542 g/mol. The first-order chi connectivity index (χ1) is 16.5. The Kier molecular flexibility index (Phi) is 6.63. The number of β-lactam (4-membered cyclic amide) rings is 1. The van der Waals surface area contributed by atoms with Gasteiger partial charge >= 0.3 is 17.1 Å². The van der Waals surface area contributed by atoms with Crippen molar-refractivity contribution >= 4 is 80.3 Å². The van der Waals surface area contributed by atoms with Crippen LogP contribution in [0, 0.1) is 0 Å². The Bertz CT molecular complexity index is 1480. The Labute approximate surface area is 213 Å². The number of carboxylic acid groups (broad SMARTS) is 1. The fourth-order valence-electron chi connectivity index (χ4n) is 3.46. The Morgan fingerprint density at radius 3 is 2.69 bits per heavy atom. The van der Waals surface area contributed by atoms with Crippen molar-refractivity contribution in [3.05, 3.63) is 54.4 Å². The summed E-state index contributed by atoms with van der Waals surface area (Å²) in [4.78, 5) is 69.5. The van der Waals surface area contributed by atoms with Crippen LogP contribution in [0.4, 0.5) is 5.13 Å². The van der Waals surface area contributed by atoms with Crippen molar-refractivity contribution in [2.24, 2.45) is 7.05 Å². The molecule has 0 bridgehead atoms. The number of aromatic amines is 1. The largest absolute Gasteiger partial charge is 0.477 e. The van der Waals surface area contributed by atoms with Gasteiger partial charge in [0, 0.05) is 29.3 Å². The molecule has 0 saturated carbocycles. The number of thioether (sulfide) groups is 1. The minimum absolute atomic E-state index is 0.00685.